The van der Waals surface area contributed by atoms with E-state index in [9.17, 15) is 4.79 Å². The maximum atomic E-state index is 11.6. The molecule has 0 saturated heterocycles. The van der Waals surface area contributed by atoms with E-state index in [0.717, 1.165) is 38.7 Å². The second-order valence-electron chi connectivity index (χ2n) is 7.48. The lowest BCUT2D eigenvalue weighted by Gasteiger charge is -2.11. The van der Waals surface area contributed by atoms with Gasteiger partial charge in [0, 0.05) is 27.6 Å². The van der Waals surface area contributed by atoms with Gasteiger partial charge in [0.1, 0.15) is 11.2 Å². The van der Waals surface area contributed by atoms with Gasteiger partial charge in [-0.1, -0.05) is 36.4 Å². The second kappa shape index (κ2) is 6.95. The predicted octanol–water partition coefficient (Wildman–Crippen LogP) is 5.14. The molecule has 0 atom stereocenters. The molecule has 1 amide bonds. The molecule has 3 aromatic heterocycles. The number of carbonyl (C=O) groups is 1. The zero-order chi connectivity index (χ0) is 21.7. The molecule has 3 heterocycles. The van der Waals surface area contributed by atoms with E-state index in [2.05, 4.69) is 22.5 Å². The number of hydrogen-bond donors (Lipinski definition) is 2. The van der Waals surface area contributed by atoms with Crippen molar-refractivity contribution in [1.82, 2.24) is 14.6 Å². The summed E-state index contributed by atoms with van der Waals surface area (Å²) < 4.78 is 7.91. The van der Waals surface area contributed by atoms with Crippen molar-refractivity contribution in [2.45, 2.75) is 0 Å². The fourth-order valence-electron chi connectivity index (χ4n) is 3.98. The molecule has 7 nitrogen and oxygen atoms in total. The van der Waals surface area contributed by atoms with E-state index in [1.54, 1.807) is 28.9 Å². The van der Waals surface area contributed by atoms with Gasteiger partial charge in [0.05, 0.1) is 17.4 Å². The van der Waals surface area contributed by atoms with E-state index in [4.69, 9.17) is 15.1 Å². The molecule has 0 aliphatic carbocycles. The van der Waals surface area contributed by atoms with E-state index < -0.39 is 5.91 Å². The molecule has 3 N–H and O–H groups in total. The molecule has 0 aliphatic rings. The summed E-state index contributed by atoms with van der Waals surface area (Å²) in [6.07, 6.45) is 1.72. The van der Waals surface area contributed by atoms with E-state index in [-0.39, 0.29) is 0 Å². The Morgan fingerprint density at radius 1 is 0.938 bits per heavy atom. The number of nitrogens with two attached hydrogens (primary N) is 1. The lowest BCUT2D eigenvalue weighted by Crippen LogP contribution is -2.11. The number of benzene rings is 3. The van der Waals surface area contributed by atoms with Gasteiger partial charge in [0.25, 0.3) is 0 Å². The molecule has 32 heavy (non-hydrogen) atoms. The Kier molecular flexibility index (Phi) is 3.94. The van der Waals surface area contributed by atoms with E-state index >= 15 is 0 Å². The van der Waals surface area contributed by atoms with Gasteiger partial charge in [-0.05, 0) is 42.5 Å². The van der Waals surface area contributed by atoms with Crippen LogP contribution in [0.4, 0.5) is 11.6 Å². The number of amides is 1. The molecule has 154 valence electrons. The van der Waals surface area contributed by atoms with Crippen LogP contribution >= 0.6 is 0 Å². The summed E-state index contributed by atoms with van der Waals surface area (Å²) in [5.74, 6) is 0.0217. The first kappa shape index (κ1) is 18.1. The number of anilines is 2. The van der Waals surface area contributed by atoms with Gasteiger partial charge >= 0.3 is 0 Å². The van der Waals surface area contributed by atoms with Crippen LogP contribution in [0.25, 0.3) is 38.7 Å². The van der Waals surface area contributed by atoms with Gasteiger partial charge < -0.3 is 15.5 Å². The lowest BCUT2D eigenvalue weighted by atomic mass is 10.1. The van der Waals surface area contributed by atoms with Crippen molar-refractivity contribution in [2.24, 2.45) is 5.73 Å². The van der Waals surface area contributed by atoms with Gasteiger partial charge in [-0.15, -0.1) is 0 Å². The van der Waals surface area contributed by atoms with Crippen molar-refractivity contribution in [2.75, 3.05) is 5.32 Å². The number of rotatable bonds is 4. The molecule has 0 bridgehead atoms. The Morgan fingerprint density at radius 3 is 2.69 bits per heavy atom. The summed E-state index contributed by atoms with van der Waals surface area (Å²) in [6.45, 7) is 0. The van der Waals surface area contributed by atoms with Crippen molar-refractivity contribution in [3.8, 4) is 11.3 Å². The lowest BCUT2D eigenvalue weighted by molar-refractivity contribution is 0.100. The van der Waals surface area contributed by atoms with Gasteiger partial charge in [0.15, 0.2) is 0 Å². The van der Waals surface area contributed by atoms with Crippen LogP contribution in [0.5, 0.6) is 0 Å². The zero-order valence-electron chi connectivity index (χ0n) is 16.8. The molecule has 0 aliphatic heterocycles. The predicted molar refractivity (Wildman–Crippen MR) is 124 cm³/mol. The van der Waals surface area contributed by atoms with Crippen molar-refractivity contribution in [1.29, 1.82) is 0 Å². The highest BCUT2D eigenvalue weighted by molar-refractivity contribution is 6.09. The normalized spacial score (nSPS) is 11.4. The number of nitrogens with zero attached hydrogens (tertiary/aromatic N) is 3. The molecule has 6 aromatic rings. The smallest absolute Gasteiger partial charge is 0.248 e. The molecule has 0 radical (unpaired) electrons. The SMILES string of the molecule is NC(=O)c1cccc(Nc2nc(-c3cccc4c3oc3ccccc34)cc3ccnn23)c1. The summed E-state index contributed by atoms with van der Waals surface area (Å²) in [4.78, 5) is 16.4. The Bertz CT molecular complexity index is 1650. The highest BCUT2D eigenvalue weighted by Gasteiger charge is 2.15. The highest BCUT2D eigenvalue weighted by Crippen LogP contribution is 2.35. The summed E-state index contributed by atoms with van der Waals surface area (Å²) in [7, 11) is 0. The number of aromatic nitrogens is 3. The molecule has 0 unspecified atom stereocenters. The minimum atomic E-state index is -0.490. The van der Waals surface area contributed by atoms with E-state index in [0.29, 0.717) is 17.2 Å². The van der Waals surface area contributed by atoms with Crippen molar-refractivity contribution < 1.29 is 9.21 Å². The molecule has 0 saturated carbocycles. The van der Waals surface area contributed by atoms with Gasteiger partial charge in [0.2, 0.25) is 11.9 Å². The average molecular weight is 419 g/mol. The standard InChI is InChI=1S/C25H17N5O2/c26-24(31)15-5-3-6-16(13-15)28-25-29-21(14-17-11-12-27-30(17)25)20-9-4-8-19-18-7-1-2-10-22(18)32-23(19)20/h1-14H,(H2,26,31)(H,28,29). The van der Waals surface area contributed by atoms with Gasteiger partial charge in [-0.25, -0.2) is 9.50 Å². The number of para-hydroxylation sites is 2. The number of carbonyl (C=O) groups excluding carboxylic acids is 1. The average Bonchev–Trinajstić information content (AvgIpc) is 3.44. The Hall–Kier alpha value is -4.65. The van der Waals surface area contributed by atoms with Crippen LogP contribution in [0.2, 0.25) is 0 Å². The minimum absolute atomic E-state index is 0.412. The molecule has 0 spiro atoms. The van der Waals surface area contributed by atoms with Crippen LogP contribution in [0.1, 0.15) is 10.4 Å². The van der Waals surface area contributed by atoms with Crippen LogP contribution < -0.4 is 11.1 Å². The third-order valence-corrected chi connectivity index (χ3v) is 5.47. The molecular formula is C25H17N5O2. The minimum Gasteiger partial charge on any atom is -0.455 e. The quantitative estimate of drug-likeness (QED) is 0.412. The van der Waals surface area contributed by atoms with Crippen LogP contribution in [-0.2, 0) is 0 Å². The van der Waals surface area contributed by atoms with Gasteiger partial charge in [-0.3, -0.25) is 4.79 Å². The molecule has 0 fully saturated rings. The topological polar surface area (TPSA) is 98.5 Å². The summed E-state index contributed by atoms with van der Waals surface area (Å²) in [6, 6.07) is 24.9. The number of primary amides is 1. The number of fused-ring (bicyclic) bond motifs is 4. The van der Waals surface area contributed by atoms with Crippen LogP contribution in [0.15, 0.2) is 89.5 Å². The molecule has 3 aromatic carbocycles. The first-order valence-corrected chi connectivity index (χ1v) is 10.1. The number of furan rings is 1. The monoisotopic (exact) mass is 419 g/mol. The second-order valence-corrected chi connectivity index (χ2v) is 7.48. The van der Waals surface area contributed by atoms with Gasteiger partial charge in [-0.2, -0.15) is 5.10 Å². The summed E-state index contributed by atoms with van der Waals surface area (Å²) in [5, 5.41) is 9.75. The maximum Gasteiger partial charge on any atom is 0.248 e. The fraction of sp³-hybridized carbons (Fsp3) is 0. The number of hydrogen-bond acceptors (Lipinski definition) is 5. The fourth-order valence-corrected chi connectivity index (χ4v) is 3.98. The van der Waals surface area contributed by atoms with Crippen molar-refractivity contribution in [3.63, 3.8) is 0 Å². The zero-order valence-corrected chi connectivity index (χ0v) is 16.8. The Morgan fingerprint density at radius 2 is 1.78 bits per heavy atom. The Balaban J connectivity index is 1.53. The highest BCUT2D eigenvalue weighted by atomic mass is 16.3. The summed E-state index contributed by atoms with van der Waals surface area (Å²) >= 11 is 0. The Labute approximate surface area is 182 Å². The summed E-state index contributed by atoms with van der Waals surface area (Å²) in [5.41, 5.74) is 10.6. The molecule has 7 heteroatoms. The van der Waals surface area contributed by atoms with Crippen molar-refractivity contribution in [3.05, 3.63) is 90.6 Å². The molecule has 6 rings (SSSR count). The number of nitrogens with one attached hydrogen (secondary N) is 1. The first-order valence-electron chi connectivity index (χ1n) is 10.1. The first-order chi connectivity index (χ1) is 15.7. The largest absolute Gasteiger partial charge is 0.455 e. The third kappa shape index (κ3) is 2.87. The third-order valence-electron chi connectivity index (χ3n) is 5.47. The van der Waals surface area contributed by atoms with E-state index in [1.165, 1.54) is 0 Å². The van der Waals surface area contributed by atoms with E-state index in [1.807, 2.05) is 48.5 Å². The van der Waals surface area contributed by atoms with Crippen molar-refractivity contribution >= 4 is 45.0 Å². The van der Waals surface area contributed by atoms with Crippen LogP contribution in [0.3, 0.4) is 0 Å². The van der Waals surface area contributed by atoms with Crippen LogP contribution in [0, 0.1) is 0 Å². The molecular weight excluding hydrogens is 402 g/mol. The van der Waals surface area contributed by atoms with Crippen LogP contribution in [-0.4, -0.2) is 20.5 Å². The maximum absolute atomic E-state index is 11.6.